The third-order valence-electron chi connectivity index (χ3n) is 4.34. The molecule has 0 atom stereocenters. The van der Waals surface area contributed by atoms with Crippen LogP contribution >= 0.6 is 0 Å². The van der Waals surface area contributed by atoms with Crippen molar-refractivity contribution in [1.82, 2.24) is 14.9 Å². The summed E-state index contributed by atoms with van der Waals surface area (Å²) in [6.45, 7) is 0.0119. The third kappa shape index (κ3) is 2.16. The van der Waals surface area contributed by atoms with E-state index in [0.717, 1.165) is 16.2 Å². The molecule has 2 heterocycles. The van der Waals surface area contributed by atoms with Gasteiger partial charge in [0.25, 0.3) is 11.8 Å². The summed E-state index contributed by atoms with van der Waals surface area (Å²) in [6.07, 6.45) is 2.66. The van der Waals surface area contributed by atoms with E-state index in [1.54, 1.807) is 19.2 Å². The smallest absolute Gasteiger partial charge is 0.265 e. The van der Waals surface area contributed by atoms with E-state index in [2.05, 4.69) is 15.3 Å². The fourth-order valence-corrected chi connectivity index (χ4v) is 3.09. The molecule has 1 aliphatic heterocycles. The second-order valence-electron chi connectivity index (χ2n) is 5.85. The van der Waals surface area contributed by atoms with Crippen molar-refractivity contribution in [1.29, 1.82) is 0 Å². The lowest BCUT2D eigenvalue weighted by Gasteiger charge is -2.14. The fraction of sp³-hybridized carbons (Fsp3) is 0.111. The summed E-state index contributed by atoms with van der Waals surface area (Å²) in [5.74, 6) is -2.27. The number of fused-ring (bicyclic) bond motifs is 2. The van der Waals surface area contributed by atoms with Gasteiger partial charge in [-0.15, -0.1) is 0 Å². The Bertz CT molecular complexity index is 1020. The minimum atomic E-state index is -0.680. The number of amides is 2. The Morgan fingerprint density at radius 1 is 1.00 bits per heavy atom. The molecule has 0 aliphatic carbocycles. The zero-order chi connectivity index (χ0) is 18.4. The van der Waals surface area contributed by atoms with Crippen LogP contribution in [0.1, 0.15) is 26.3 Å². The number of phenolic OH excluding ortho intramolecular Hbond substituents is 2. The van der Waals surface area contributed by atoms with Crippen LogP contribution in [0.15, 0.2) is 36.7 Å². The molecule has 26 heavy (non-hydrogen) atoms. The first kappa shape index (κ1) is 15.8. The monoisotopic (exact) mass is 350 g/mol. The summed E-state index contributed by atoms with van der Waals surface area (Å²) < 4.78 is 0. The van der Waals surface area contributed by atoms with Gasteiger partial charge in [-0.05, 0) is 17.7 Å². The van der Waals surface area contributed by atoms with Gasteiger partial charge in [-0.2, -0.15) is 0 Å². The molecule has 4 rings (SSSR count). The number of hydrogen-bond donors (Lipinski definition) is 3. The van der Waals surface area contributed by atoms with Crippen molar-refractivity contribution in [2.24, 2.45) is 0 Å². The maximum atomic E-state index is 12.8. The molecule has 130 valence electrons. The van der Waals surface area contributed by atoms with E-state index in [9.17, 15) is 19.8 Å². The number of imide groups is 1. The van der Waals surface area contributed by atoms with Gasteiger partial charge in [0.2, 0.25) is 0 Å². The van der Waals surface area contributed by atoms with Crippen LogP contribution in [-0.2, 0) is 6.54 Å². The third-order valence-corrected chi connectivity index (χ3v) is 4.34. The number of phenols is 2. The summed E-state index contributed by atoms with van der Waals surface area (Å²) in [5.41, 5.74) is 1.03. The maximum Gasteiger partial charge on any atom is 0.265 e. The molecule has 2 aromatic carbocycles. The molecule has 0 fully saturated rings. The molecule has 1 aliphatic rings. The summed E-state index contributed by atoms with van der Waals surface area (Å²) >= 11 is 0. The van der Waals surface area contributed by atoms with Crippen LogP contribution in [0.25, 0.3) is 11.0 Å². The van der Waals surface area contributed by atoms with Gasteiger partial charge in [0.1, 0.15) is 22.2 Å². The molecule has 2 amide bonds. The minimum absolute atomic E-state index is 0.0119. The molecule has 0 radical (unpaired) electrons. The summed E-state index contributed by atoms with van der Waals surface area (Å²) in [7, 11) is 1.77. The van der Waals surface area contributed by atoms with Gasteiger partial charge in [0.15, 0.2) is 11.5 Å². The highest BCUT2D eigenvalue weighted by atomic mass is 16.3. The molecular formula is C18H14N4O4. The second-order valence-corrected chi connectivity index (χ2v) is 5.85. The Kier molecular flexibility index (Phi) is 3.47. The number of hydrogen-bond acceptors (Lipinski definition) is 7. The van der Waals surface area contributed by atoms with Crippen molar-refractivity contribution >= 4 is 28.5 Å². The van der Waals surface area contributed by atoms with Crippen molar-refractivity contribution in [2.75, 3.05) is 12.4 Å². The number of nitrogens with one attached hydrogen (secondary N) is 1. The van der Waals surface area contributed by atoms with Crippen molar-refractivity contribution in [2.45, 2.75) is 6.54 Å². The molecular weight excluding hydrogens is 336 g/mol. The van der Waals surface area contributed by atoms with Gasteiger partial charge in [-0.25, -0.2) is 9.97 Å². The highest BCUT2D eigenvalue weighted by Gasteiger charge is 2.42. The van der Waals surface area contributed by atoms with E-state index >= 15 is 0 Å². The van der Waals surface area contributed by atoms with Crippen LogP contribution < -0.4 is 5.32 Å². The van der Waals surface area contributed by atoms with Crippen molar-refractivity contribution in [3.05, 3.63) is 53.3 Å². The Labute approximate surface area is 147 Å². The lowest BCUT2D eigenvalue weighted by molar-refractivity contribution is 0.0641. The second kappa shape index (κ2) is 5.69. The van der Waals surface area contributed by atoms with Gasteiger partial charge in [0.05, 0.1) is 6.54 Å². The molecule has 8 heteroatoms. The number of carbonyl (C=O) groups is 2. The molecule has 8 nitrogen and oxygen atoms in total. The average Bonchev–Trinajstić information content (AvgIpc) is 2.91. The largest absolute Gasteiger partial charge is 0.505 e. The van der Waals surface area contributed by atoms with Crippen LogP contribution in [0.2, 0.25) is 0 Å². The first-order valence-corrected chi connectivity index (χ1v) is 7.84. The number of aromatic nitrogens is 2. The first-order valence-electron chi connectivity index (χ1n) is 7.84. The van der Waals surface area contributed by atoms with E-state index < -0.39 is 23.3 Å². The molecule has 1 aromatic heterocycles. The van der Waals surface area contributed by atoms with Gasteiger partial charge in [0, 0.05) is 25.1 Å². The number of benzene rings is 2. The van der Waals surface area contributed by atoms with Crippen LogP contribution in [0.5, 0.6) is 11.5 Å². The van der Waals surface area contributed by atoms with E-state index in [1.165, 1.54) is 12.4 Å². The Balaban J connectivity index is 1.82. The lowest BCUT2D eigenvalue weighted by Crippen LogP contribution is -2.29. The number of rotatable bonds is 3. The van der Waals surface area contributed by atoms with E-state index in [4.69, 9.17) is 0 Å². The average molecular weight is 350 g/mol. The fourth-order valence-electron chi connectivity index (χ4n) is 3.09. The van der Waals surface area contributed by atoms with Crippen molar-refractivity contribution in [3.63, 3.8) is 0 Å². The number of nitrogens with zero attached hydrogens (tertiary/aromatic N) is 3. The van der Waals surface area contributed by atoms with Crippen LogP contribution in [-0.4, -0.2) is 43.9 Å². The molecule has 3 aromatic rings. The highest BCUT2D eigenvalue weighted by molar-refractivity contribution is 6.26. The lowest BCUT2D eigenvalue weighted by atomic mass is 10.1. The zero-order valence-electron chi connectivity index (χ0n) is 13.7. The summed E-state index contributed by atoms with van der Waals surface area (Å²) in [4.78, 5) is 34.4. The quantitative estimate of drug-likeness (QED) is 0.488. The molecule has 0 saturated heterocycles. The van der Waals surface area contributed by atoms with Crippen molar-refractivity contribution in [3.8, 4) is 11.5 Å². The number of carbonyl (C=O) groups excluding carboxylic acids is 2. The van der Waals surface area contributed by atoms with E-state index in [1.807, 2.05) is 12.1 Å². The molecule has 0 bridgehead atoms. The maximum absolute atomic E-state index is 12.8. The number of anilines is 1. The van der Waals surface area contributed by atoms with Gasteiger partial charge < -0.3 is 15.5 Å². The van der Waals surface area contributed by atoms with Crippen molar-refractivity contribution < 1.29 is 19.8 Å². The Morgan fingerprint density at radius 3 is 2.12 bits per heavy atom. The molecule has 0 saturated carbocycles. The predicted molar refractivity (Wildman–Crippen MR) is 93.1 cm³/mol. The van der Waals surface area contributed by atoms with Crippen LogP contribution in [0.3, 0.4) is 0 Å². The topological polar surface area (TPSA) is 116 Å². The molecule has 0 unspecified atom stereocenters. The summed E-state index contributed by atoms with van der Waals surface area (Å²) in [6, 6.07) is 7.25. The van der Waals surface area contributed by atoms with Gasteiger partial charge >= 0.3 is 0 Å². The molecule has 0 spiro atoms. The Morgan fingerprint density at radius 2 is 1.58 bits per heavy atom. The SMILES string of the molecule is CNc1cccc(CN2C(=O)c3c(c(O)c4nccnc4c3O)C2=O)c1. The van der Waals surface area contributed by atoms with E-state index in [0.29, 0.717) is 0 Å². The number of aromatic hydroxyl groups is 2. The Hall–Kier alpha value is -3.68. The minimum Gasteiger partial charge on any atom is -0.505 e. The van der Waals surface area contributed by atoms with Gasteiger partial charge in [-0.1, -0.05) is 12.1 Å². The predicted octanol–water partition coefficient (Wildman–Crippen LogP) is 1.88. The highest BCUT2D eigenvalue weighted by Crippen LogP contribution is 2.42. The molecule has 3 N–H and O–H groups in total. The summed E-state index contributed by atoms with van der Waals surface area (Å²) in [5, 5.41) is 23.8. The van der Waals surface area contributed by atoms with Crippen LogP contribution in [0.4, 0.5) is 5.69 Å². The zero-order valence-corrected chi connectivity index (χ0v) is 13.7. The standard InChI is InChI=1S/C18H14N4O4/c1-19-10-4-2-3-9(7-10)8-22-17(25)11-12(18(22)26)16(24)14-13(15(11)23)20-5-6-21-14/h2-7,19,23-24H,8H2,1H3. The van der Waals surface area contributed by atoms with Crippen LogP contribution in [0, 0.1) is 0 Å². The normalized spacial score (nSPS) is 13.3. The first-order chi connectivity index (χ1) is 12.5. The van der Waals surface area contributed by atoms with E-state index in [-0.39, 0.29) is 28.7 Å². The van der Waals surface area contributed by atoms with Gasteiger partial charge in [-0.3, -0.25) is 14.5 Å².